The fourth-order valence-electron chi connectivity index (χ4n) is 3.97. The Morgan fingerprint density at radius 3 is 2.82 bits per heavy atom. The highest BCUT2D eigenvalue weighted by atomic mass is 19.4. The molecule has 3 aromatic rings. The summed E-state index contributed by atoms with van der Waals surface area (Å²) in [5.41, 5.74) is 0.466. The van der Waals surface area contributed by atoms with E-state index in [4.69, 9.17) is 4.74 Å². The van der Waals surface area contributed by atoms with E-state index in [0.717, 1.165) is 18.9 Å². The SMILES string of the molecule is CC1(NC(=O)O[C@H]2CC[C@@H](c3cc(Nc4nccn5nc(OC(F)(F)F)cc45)n[nH]3)[C@H]2F)CC1. The second-order valence-electron chi connectivity index (χ2n) is 8.73. The number of alkyl carbamates (subject to hydrolysis) is 1. The van der Waals surface area contributed by atoms with E-state index < -0.39 is 36.5 Å². The second-order valence-corrected chi connectivity index (χ2v) is 8.73. The van der Waals surface area contributed by atoms with Crippen LogP contribution in [-0.4, -0.2) is 55.1 Å². The van der Waals surface area contributed by atoms with E-state index >= 15 is 4.39 Å². The lowest BCUT2D eigenvalue weighted by Gasteiger charge is -2.19. The van der Waals surface area contributed by atoms with E-state index in [9.17, 15) is 18.0 Å². The van der Waals surface area contributed by atoms with Crippen LogP contribution in [0.1, 0.15) is 44.2 Å². The summed E-state index contributed by atoms with van der Waals surface area (Å²) in [5.74, 6) is -0.725. The number of ether oxygens (including phenoxy) is 2. The van der Waals surface area contributed by atoms with Crippen LogP contribution < -0.4 is 15.4 Å². The van der Waals surface area contributed by atoms with Crippen molar-refractivity contribution in [2.24, 2.45) is 0 Å². The van der Waals surface area contributed by atoms with Gasteiger partial charge in [-0.1, -0.05) is 0 Å². The maximum atomic E-state index is 15.0. The van der Waals surface area contributed by atoms with Crippen LogP contribution >= 0.6 is 0 Å². The zero-order chi connectivity index (χ0) is 24.1. The Balaban J connectivity index is 1.25. The Kier molecular flexibility index (Phi) is 5.24. The van der Waals surface area contributed by atoms with Gasteiger partial charge < -0.3 is 20.1 Å². The molecule has 5 rings (SSSR count). The van der Waals surface area contributed by atoms with Gasteiger partial charge in [0.15, 0.2) is 11.6 Å². The monoisotopic (exact) mass is 483 g/mol. The molecular weight excluding hydrogens is 462 g/mol. The predicted molar refractivity (Wildman–Crippen MR) is 109 cm³/mol. The van der Waals surface area contributed by atoms with E-state index in [-0.39, 0.29) is 22.7 Å². The molecule has 0 aliphatic heterocycles. The van der Waals surface area contributed by atoms with Crippen LogP contribution in [-0.2, 0) is 4.74 Å². The molecule has 3 N–H and O–H groups in total. The van der Waals surface area contributed by atoms with Gasteiger partial charge in [-0.15, -0.1) is 18.3 Å². The molecule has 34 heavy (non-hydrogen) atoms. The van der Waals surface area contributed by atoms with Crippen LogP contribution in [0.2, 0.25) is 0 Å². The van der Waals surface area contributed by atoms with E-state index in [0.29, 0.717) is 18.5 Å². The van der Waals surface area contributed by atoms with Gasteiger partial charge in [0.25, 0.3) is 0 Å². The second kappa shape index (κ2) is 8.02. The molecule has 2 saturated carbocycles. The Labute approximate surface area is 190 Å². The Hall–Kier alpha value is -3.58. The summed E-state index contributed by atoms with van der Waals surface area (Å²) in [6, 6.07) is 2.67. The normalized spacial score (nSPS) is 23.6. The minimum absolute atomic E-state index is 0.180. The fraction of sp³-hybridized carbons (Fsp3) is 0.500. The number of carbonyl (C=O) groups is 1. The van der Waals surface area contributed by atoms with E-state index in [1.165, 1.54) is 16.9 Å². The molecule has 3 atom stereocenters. The topological polar surface area (TPSA) is 118 Å². The van der Waals surface area contributed by atoms with E-state index in [1.807, 2.05) is 6.92 Å². The number of hydrogen-bond donors (Lipinski definition) is 3. The van der Waals surface area contributed by atoms with Crippen molar-refractivity contribution in [3.05, 3.63) is 30.2 Å². The number of anilines is 2. The minimum Gasteiger partial charge on any atom is -0.443 e. The third-order valence-electron chi connectivity index (χ3n) is 6.00. The van der Waals surface area contributed by atoms with Gasteiger partial charge in [0.2, 0.25) is 5.88 Å². The molecule has 0 aromatic carbocycles. The van der Waals surface area contributed by atoms with Gasteiger partial charge in [0, 0.05) is 41.7 Å². The quantitative estimate of drug-likeness (QED) is 0.454. The molecule has 10 nitrogen and oxygen atoms in total. The molecule has 0 saturated heterocycles. The van der Waals surface area contributed by atoms with Gasteiger partial charge in [0.1, 0.15) is 17.8 Å². The number of aromatic nitrogens is 5. The average molecular weight is 483 g/mol. The molecule has 3 aromatic heterocycles. The van der Waals surface area contributed by atoms with Gasteiger partial charge in [-0.2, -0.15) is 5.10 Å². The minimum atomic E-state index is -4.88. The highest BCUT2D eigenvalue weighted by molar-refractivity contribution is 5.73. The lowest BCUT2D eigenvalue weighted by atomic mass is 10.0. The molecule has 2 fully saturated rings. The van der Waals surface area contributed by atoms with Crippen molar-refractivity contribution in [3.63, 3.8) is 0 Å². The van der Waals surface area contributed by atoms with Crippen molar-refractivity contribution in [3.8, 4) is 5.88 Å². The molecule has 0 spiro atoms. The number of fused-ring (bicyclic) bond motifs is 1. The summed E-state index contributed by atoms with van der Waals surface area (Å²) >= 11 is 0. The Morgan fingerprint density at radius 1 is 1.29 bits per heavy atom. The number of amides is 1. The van der Waals surface area contributed by atoms with Gasteiger partial charge in [-0.05, 0) is 32.6 Å². The summed E-state index contributed by atoms with van der Waals surface area (Å²) in [6.07, 6.45) is -2.49. The highest BCUT2D eigenvalue weighted by Gasteiger charge is 2.43. The first kappa shape index (κ1) is 22.2. The first-order chi connectivity index (χ1) is 16.1. The molecule has 0 bridgehead atoms. The van der Waals surface area contributed by atoms with Crippen molar-refractivity contribution >= 4 is 23.2 Å². The van der Waals surface area contributed by atoms with Gasteiger partial charge in [-0.3, -0.25) is 5.10 Å². The smallest absolute Gasteiger partial charge is 0.443 e. The van der Waals surface area contributed by atoms with Gasteiger partial charge >= 0.3 is 12.5 Å². The maximum absolute atomic E-state index is 15.0. The molecule has 0 unspecified atom stereocenters. The lowest BCUT2D eigenvalue weighted by Crippen LogP contribution is -2.38. The van der Waals surface area contributed by atoms with E-state index in [2.05, 4.69) is 35.7 Å². The highest BCUT2D eigenvalue weighted by Crippen LogP contribution is 2.39. The van der Waals surface area contributed by atoms with Gasteiger partial charge in [-0.25, -0.2) is 18.7 Å². The van der Waals surface area contributed by atoms with Crippen LogP contribution in [0.15, 0.2) is 24.5 Å². The number of rotatable bonds is 6. The fourth-order valence-corrected chi connectivity index (χ4v) is 3.97. The molecule has 14 heteroatoms. The predicted octanol–water partition coefficient (Wildman–Crippen LogP) is 3.96. The number of H-pyrrole nitrogens is 1. The summed E-state index contributed by atoms with van der Waals surface area (Å²) in [6.45, 7) is 1.90. The molecule has 2 aliphatic rings. The molecule has 3 heterocycles. The maximum Gasteiger partial charge on any atom is 0.574 e. The number of alkyl halides is 4. The number of carbonyl (C=O) groups excluding carboxylic acids is 1. The largest absolute Gasteiger partial charge is 0.574 e. The van der Waals surface area contributed by atoms with Crippen molar-refractivity contribution in [1.29, 1.82) is 0 Å². The summed E-state index contributed by atoms with van der Waals surface area (Å²) in [4.78, 5) is 16.1. The standard InChI is InChI=1S/C20H21F4N7O3/c1-19(4-5-19)27-18(32)33-13-3-2-10(16(13)21)11-8-14(29-28-11)26-17-12-9-15(34-20(22,23)24)30-31(12)7-6-25-17/h6-10,13,16H,2-5H2,1H3,(H,27,32)(H2,25,26,28,29)/t10-,13-,16+/m0/s1. The van der Waals surface area contributed by atoms with Crippen molar-refractivity contribution < 1.29 is 31.8 Å². The van der Waals surface area contributed by atoms with Crippen molar-refractivity contribution in [2.75, 3.05) is 5.32 Å². The molecular formula is C20H21F4N7O3. The summed E-state index contributed by atoms with van der Waals surface area (Å²) < 4.78 is 62.8. The Morgan fingerprint density at radius 2 is 2.09 bits per heavy atom. The van der Waals surface area contributed by atoms with E-state index in [1.54, 1.807) is 6.07 Å². The number of aromatic amines is 1. The first-order valence-corrected chi connectivity index (χ1v) is 10.6. The number of nitrogens with zero attached hydrogens (tertiary/aromatic N) is 4. The number of nitrogens with one attached hydrogen (secondary N) is 3. The van der Waals surface area contributed by atoms with Crippen molar-refractivity contribution in [1.82, 2.24) is 30.1 Å². The zero-order valence-corrected chi connectivity index (χ0v) is 17.9. The zero-order valence-electron chi connectivity index (χ0n) is 17.9. The number of hydrogen-bond acceptors (Lipinski definition) is 7. The van der Waals surface area contributed by atoms with Crippen LogP contribution in [0, 0.1) is 0 Å². The van der Waals surface area contributed by atoms with Crippen LogP contribution in [0.3, 0.4) is 0 Å². The molecule has 0 radical (unpaired) electrons. The molecule has 182 valence electrons. The lowest BCUT2D eigenvalue weighted by molar-refractivity contribution is -0.276. The summed E-state index contributed by atoms with van der Waals surface area (Å²) in [7, 11) is 0. The average Bonchev–Trinajstić information content (AvgIpc) is 3.10. The van der Waals surface area contributed by atoms with Crippen molar-refractivity contribution in [2.45, 2.75) is 62.7 Å². The summed E-state index contributed by atoms with van der Waals surface area (Å²) in [5, 5.41) is 16.2. The van der Waals surface area contributed by atoms with Crippen LogP contribution in [0.4, 0.5) is 34.0 Å². The van der Waals surface area contributed by atoms with Crippen LogP contribution in [0.5, 0.6) is 5.88 Å². The molecule has 1 amide bonds. The Bertz CT molecular complexity index is 1210. The third-order valence-corrected chi connectivity index (χ3v) is 6.00. The van der Waals surface area contributed by atoms with Crippen LogP contribution in [0.25, 0.3) is 5.52 Å². The first-order valence-electron chi connectivity index (χ1n) is 10.6. The van der Waals surface area contributed by atoms with Gasteiger partial charge in [0.05, 0.1) is 0 Å². The molecule has 2 aliphatic carbocycles. The third kappa shape index (κ3) is 4.70. The number of halogens is 4.